The standard InChI is InChI=1S/C15H16FN5/c1-3-8-17-14-13-9-18-21(15(13)20-10(2)19-14)12-6-4-11(16)5-7-12/h4-7,9H,3,8H2,1-2H3,(H,17,19,20). The van der Waals surface area contributed by atoms with E-state index >= 15 is 0 Å². The fraction of sp³-hybridized carbons (Fsp3) is 0.267. The van der Waals surface area contributed by atoms with Gasteiger partial charge in [0.1, 0.15) is 17.5 Å². The van der Waals surface area contributed by atoms with Crippen molar-refractivity contribution in [1.82, 2.24) is 19.7 Å². The third kappa shape index (κ3) is 2.56. The fourth-order valence-electron chi connectivity index (χ4n) is 2.17. The number of anilines is 1. The first-order valence-corrected chi connectivity index (χ1v) is 6.91. The average molecular weight is 285 g/mol. The number of rotatable bonds is 4. The van der Waals surface area contributed by atoms with Crippen molar-refractivity contribution < 1.29 is 4.39 Å². The van der Waals surface area contributed by atoms with E-state index < -0.39 is 0 Å². The average Bonchev–Trinajstić information content (AvgIpc) is 2.89. The van der Waals surface area contributed by atoms with Gasteiger partial charge in [-0.05, 0) is 37.6 Å². The molecule has 0 unspecified atom stereocenters. The smallest absolute Gasteiger partial charge is 0.168 e. The highest BCUT2D eigenvalue weighted by atomic mass is 19.1. The van der Waals surface area contributed by atoms with Gasteiger partial charge >= 0.3 is 0 Å². The van der Waals surface area contributed by atoms with E-state index in [4.69, 9.17) is 0 Å². The lowest BCUT2D eigenvalue weighted by Crippen LogP contribution is -2.05. The van der Waals surface area contributed by atoms with Crippen molar-refractivity contribution in [2.75, 3.05) is 11.9 Å². The normalized spacial score (nSPS) is 11.0. The molecule has 1 aromatic carbocycles. The zero-order valence-corrected chi connectivity index (χ0v) is 12.0. The van der Waals surface area contributed by atoms with E-state index in [-0.39, 0.29) is 5.82 Å². The van der Waals surface area contributed by atoms with Crippen LogP contribution in [-0.4, -0.2) is 26.3 Å². The SMILES string of the molecule is CCCNc1nc(C)nc2c1cnn2-c1ccc(F)cc1. The summed E-state index contributed by atoms with van der Waals surface area (Å²) in [4.78, 5) is 8.88. The molecule has 0 atom stereocenters. The maximum atomic E-state index is 13.0. The van der Waals surface area contributed by atoms with Gasteiger partial charge in [-0.25, -0.2) is 19.0 Å². The van der Waals surface area contributed by atoms with Crippen molar-refractivity contribution in [1.29, 1.82) is 0 Å². The summed E-state index contributed by atoms with van der Waals surface area (Å²) >= 11 is 0. The van der Waals surface area contributed by atoms with E-state index in [0.29, 0.717) is 11.5 Å². The molecule has 0 aliphatic heterocycles. The second-order valence-electron chi connectivity index (χ2n) is 4.82. The summed E-state index contributed by atoms with van der Waals surface area (Å²) in [6.07, 6.45) is 2.74. The molecule has 108 valence electrons. The van der Waals surface area contributed by atoms with Crippen LogP contribution in [0.1, 0.15) is 19.2 Å². The lowest BCUT2D eigenvalue weighted by molar-refractivity contribution is 0.627. The Labute approximate surface area is 121 Å². The van der Waals surface area contributed by atoms with Gasteiger partial charge in [0, 0.05) is 6.54 Å². The number of halogens is 1. The van der Waals surface area contributed by atoms with E-state index in [0.717, 1.165) is 29.9 Å². The number of nitrogens with zero attached hydrogens (tertiary/aromatic N) is 4. The van der Waals surface area contributed by atoms with Crippen LogP contribution in [0.4, 0.5) is 10.2 Å². The molecule has 5 nitrogen and oxygen atoms in total. The molecule has 2 aromatic heterocycles. The van der Waals surface area contributed by atoms with Gasteiger partial charge in [-0.3, -0.25) is 0 Å². The number of hydrogen-bond acceptors (Lipinski definition) is 4. The molecule has 0 fully saturated rings. The molecule has 0 saturated carbocycles. The van der Waals surface area contributed by atoms with Crippen molar-refractivity contribution in [2.45, 2.75) is 20.3 Å². The molecular weight excluding hydrogens is 269 g/mol. The molecule has 1 N–H and O–H groups in total. The molecule has 3 aromatic rings. The lowest BCUT2D eigenvalue weighted by atomic mass is 10.3. The van der Waals surface area contributed by atoms with Crippen LogP contribution in [0.5, 0.6) is 0 Å². The Morgan fingerprint density at radius 3 is 2.67 bits per heavy atom. The topological polar surface area (TPSA) is 55.6 Å². The van der Waals surface area contributed by atoms with E-state index in [1.165, 1.54) is 12.1 Å². The first-order valence-electron chi connectivity index (χ1n) is 6.91. The number of nitrogens with one attached hydrogen (secondary N) is 1. The van der Waals surface area contributed by atoms with Gasteiger partial charge in [-0.1, -0.05) is 6.92 Å². The summed E-state index contributed by atoms with van der Waals surface area (Å²) in [5, 5.41) is 8.50. The number of hydrogen-bond donors (Lipinski definition) is 1. The largest absolute Gasteiger partial charge is 0.369 e. The van der Waals surface area contributed by atoms with Crippen LogP contribution in [0.25, 0.3) is 16.7 Å². The van der Waals surface area contributed by atoms with Gasteiger partial charge in [0.2, 0.25) is 0 Å². The highest BCUT2D eigenvalue weighted by Crippen LogP contribution is 2.22. The van der Waals surface area contributed by atoms with Crippen LogP contribution in [0.15, 0.2) is 30.5 Å². The number of aromatic nitrogens is 4. The van der Waals surface area contributed by atoms with Crippen LogP contribution in [0, 0.1) is 12.7 Å². The van der Waals surface area contributed by atoms with E-state index in [2.05, 4.69) is 27.3 Å². The summed E-state index contributed by atoms with van der Waals surface area (Å²) in [5.41, 5.74) is 1.48. The van der Waals surface area contributed by atoms with Crippen LogP contribution >= 0.6 is 0 Å². The monoisotopic (exact) mass is 285 g/mol. The Bertz CT molecular complexity index is 764. The third-order valence-electron chi connectivity index (χ3n) is 3.15. The molecule has 0 spiro atoms. The molecule has 3 rings (SSSR count). The molecule has 0 bridgehead atoms. The fourth-order valence-corrected chi connectivity index (χ4v) is 2.17. The summed E-state index contributed by atoms with van der Waals surface area (Å²) in [7, 11) is 0. The highest BCUT2D eigenvalue weighted by Gasteiger charge is 2.12. The summed E-state index contributed by atoms with van der Waals surface area (Å²) < 4.78 is 14.7. The predicted molar refractivity (Wildman–Crippen MR) is 80.1 cm³/mol. The van der Waals surface area contributed by atoms with E-state index in [1.54, 1.807) is 23.0 Å². The van der Waals surface area contributed by atoms with Gasteiger partial charge in [0.05, 0.1) is 17.3 Å². The van der Waals surface area contributed by atoms with Crippen molar-refractivity contribution in [3.05, 3.63) is 42.1 Å². The second-order valence-corrected chi connectivity index (χ2v) is 4.82. The first-order chi connectivity index (χ1) is 10.2. The molecule has 0 radical (unpaired) electrons. The lowest BCUT2D eigenvalue weighted by Gasteiger charge is -2.07. The molecule has 0 amide bonds. The molecule has 21 heavy (non-hydrogen) atoms. The van der Waals surface area contributed by atoms with Crippen molar-refractivity contribution in [3.63, 3.8) is 0 Å². The Balaban J connectivity index is 2.13. The Morgan fingerprint density at radius 2 is 1.95 bits per heavy atom. The number of aryl methyl sites for hydroxylation is 1. The minimum absolute atomic E-state index is 0.272. The Hall–Kier alpha value is -2.50. The van der Waals surface area contributed by atoms with E-state index in [9.17, 15) is 4.39 Å². The molecule has 0 aliphatic rings. The van der Waals surface area contributed by atoms with Gasteiger partial charge in [-0.2, -0.15) is 5.10 Å². The van der Waals surface area contributed by atoms with Crippen molar-refractivity contribution in [3.8, 4) is 5.69 Å². The van der Waals surface area contributed by atoms with Crippen LogP contribution < -0.4 is 5.32 Å². The van der Waals surface area contributed by atoms with Gasteiger partial charge in [0.15, 0.2) is 5.65 Å². The maximum absolute atomic E-state index is 13.0. The Morgan fingerprint density at radius 1 is 1.19 bits per heavy atom. The summed E-state index contributed by atoms with van der Waals surface area (Å²) in [6, 6.07) is 6.18. The van der Waals surface area contributed by atoms with Crippen LogP contribution in [0.3, 0.4) is 0 Å². The highest BCUT2D eigenvalue weighted by molar-refractivity contribution is 5.87. The van der Waals surface area contributed by atoms with Gasteiger partial charge in [0.25, 0.3) is 0 Å². The predicted octanol–water partition coefficient (Wildman–Crippen LogP) is 3.08. The van der Waals surface area contributed by atoms with Gasteiger partial charge < -0.3 is 5.32 Å². The molecule has 6 heteroatoms. The third-order valence-corrected chi connectivity index (χ3v) is 3.15. The van der Waals surface area contributed by atoms with Gasteiger partial charge in [-0.15, -0.1) is 0 Å². The minimum Gasteiger partial charge on any atom is -0.369 e. The minimum atomic E-state index is -0.272. The van der Waals surface area contributed by atoms with Crippen LogP contribution in [0.2, 0.25) is 0 Å². The van der Waals surface area contributed by atoms with Crippen LogP contribution in [-0.2, 0) is 0 Å². The first kappa shape index (κ1) is 13.5. The molecular formula is C15H16FN5. The molecule has 0 aliphatic carbocycles. The zero-order chi connectivity index (χ0) is 14.8. The summed E-state index contributed by atoms with van der Waals surface area (Å²) in [5.74, 6) is 1.18. The Kier molecular flexibility index (Phi) is 3.51. The number of fused-ring (bicyclic) bond motifs is 1. The van der Waals surface area contributed by atoms with Crippen molar-refractivity contribution >= 4 is 16.9 Å². The second kappa shape index (κ2) is 5.47. The molecule has 0 saturated heterocycles. The van der Waals surface area contributed by atoms with E-state index in [1.807, 2.05) is 6.92 Å². The van der Waals surface area contributed by atoms with Crippen molar-refractivity contribution in [2.24, 2.45) is 0 Å². The number of benzene rings is 1. The molecule has 2 heterocycles. The zero-order valence-electron chi connectivity index (χ0n) is 12.0. The summed E-state index contributed by atoms with van der Waals surface area (Å²) in [6.45, 7) is 4.78. The quantitative estimate of drug-likeness (QED) is 0.800. The maximum Gasteiger partial charge on any atom is 0.168 e.